The second-order valence-corrected chi connectivity index (χ2v) is 9.33. The van der Waals surface area contributed by atoms with Crippen molar-refractivity contribution in [1.82, 2.24) is 14.8 Å². The monoisotopic (exact) mass is 376 g/mol. The van der Waals surface area contributed by atoms with E-state index in [1.807, 2.05) is 4.90 Å². The number of hydrogen-bond acceptors (Lipinski definition) is 5. The van der Waals surface area contributed by atoms with E-state index in [0.717, 1.165) is 49.6 Å². The van der Waals surface area contributed by atoms with Gasteiger partial charge in [-0.25, -0.2) is 4.98 Å². The third-order valence-corrected chi connectivity index (χ3v) is 7.08. The highest BCUT2D eigenvalue weighted by atomic mass is 32.1. The van der Waals surface area contributed by atoms with Gasteiger partial charge in [0.1, 0.15) is 0 Å². The maximum atomic E-state index is 12.5. The van der Waals surface area contributed by atoms with Crippen LogP contribution in [0.2, 0.25) is 0 Å². The van der Waals surface area contributed by atoms with Crippen LogP contribution >= 0.6 is 11.3 Å². The summed E-state index contributed by atoms with van der Waals surface area (Å²) in [7, 11) is 2.10. The number of amides is 2. The van der Waals surface area contributed by atoms with Gasteiger partial charge in [0.15, 0.2) is 5.13 Å². The summed E-state index contributed by atoms with van der Waals surface area (Å²) in [5.41, 5.74) is 1.16. The largest absolute Gasteiger partial charge is 0.341 e. The number of hydrogen-bond donors (Lipinski definition) is 1. The fraction of sp³-hybridized carbons (Fsp3) is 0.737. The van der Waals surface area contributed by atoms with Gasteiger partial charge in [-0.05, 0) is 58.2 Å². The molecule has 4 rings (SSSR count). The molecule has 1 atom stereocenters. The molecule has 2 fully saturated rings. The molecular weight excluding hydrogens is 348 g/mol. The number of aromatic nitrogens is 1. The highest BCUT2D eigenvalue weighted by Crippen LogP contribution is 2.33. The summed E-state index contributed by atoms with van der Waals surface area (Å²) < 4.78 is 0. The number of anilines is 1. The minimum absolute atomic E-state index is 0.0107. The zero-order valence-corrected chi connectivity index (χ0v) is 16.5. The van der Waals surface area contributed by atoms with Crippen molar-refractivity contribution in [1.29, 1.82) is 0 Å². The first-order valence-electron chi connectivity index (χ1n) is 9.76. The van der Waals surface area contributed by atoms with Gasteiger partial charge in [0, 0.05) is 23.9 Å². The molecule has 2 amide bonds. The van der Waals surface area contributed by atoms with E-state index >= 15 is 0 Å². The topological polar surface area (TPSA) is 65.5 Å². The minimum Gasteiger partial charge on any atom is -0.341 e. The summed E-state index contributed by atoms with van der Waals surface area (Å²) >= 11 is 1.62. The van der Waals surface area contributed by atoms with Crippen LogP contribution in [0.25, 0.3) is 0 Å². The van der Waals surface area contributed by atoms with Gasteiger partial charge in [-0.1, -0.05) is 6.92 Å². The Labute approximate surface area is 159 Å². The molecule has 2 aliphatic heterocycles. The number of likely N-dealkylation sites (tertiary alicyclic amines) is 2. The highest BCUT2D eigenvalue weighted by Gasteiger charge is 2.39. The number of carbonyl (C=O) groups is 2. The Hall–Kier alpha value is -1.47. The minimum atomic E-state index is -0.0925. The Morgan fingerprint density at radius 3 is 2.62 bits per heavy atom. The number of piperidine rings is 1. The number of fused-ring (bicyclic) bond motifs is 1. The molecule has 6 nitrogen and oxygen atoms in total. The van der Waals surface area contributed by atoms with Crippen molar-refractivity contribution in [3.63, 3.8) is 0 Å². The van der Waals surface area contributed by atoms with Crippen molar-refractivity contribution < 1.29 is 9.59 Å². The van der Waals surface area contributed by atoms with Crippen LogP contribution in [-0.2, 0) is 22.4 Å². The summed E-state index contributed by atoms with van der Waals surface area (Å²) in [4.78, 5) is 35.1. The first-order chi connectivity index (χ1) is 12.5. The Morgan fingerprint density at radius 2 is 1.88 bits per heavy atom. The maximum Gasteiger partial charge on any atom is 0.232 e. The fourth-order valence-corrected chi connectivity index (χ4v) is 5.31. The van der Waals surface area contributed by atoms with Crippen molar-refractivity contribution in [2.75, 3.05) is 38.5 Å². The lowest BCUT2D eigenvalue weighted by atomic mass is 9.91. The molecule has 3 heterocycles. The molecule has 142 valence electrons. The number of aryl methyl sites for hydroxylation is 1. The van der Waals surface area contributed by atoms with E-state index in [2.05, 4.69) is 29.2 Å². The molecule has 2 saturated heterocycles. The molecule has 0 spiro atoms. The molecule has 0 saturated carbocycles. The predicted octanol–water partition coefficient (Wildman–Crippen LogP) is 2.01. The van der Waals surface area contributed by atoms with Crippen molar-refractivity contribution in [3.05, 3.63) is 10.6 Å². The van der Waals surface area contributed by atoms with Gasteiger partial charge in [-0.15, -0.1) is 11.3 Å². The normalized spacial score (nSPS) is 24.8. The lowest BCUT2D eigenvalue weighted by Crippen LogP contribution is -2.56. The fourth-order valence-electron chi connectivity index (χ4n) is 4.14. The van der Waals surface area contributed by atoms with Gasteiger partial charge >= 0.3 is 0 Å². The van der Waals surface area contributed by atoms with E-state index < -0.39 is 0 Å². The molecule has 1 aliphatic carbocycles. The molecule has 1 N–H and O–H groups in total. The zero-order valence-electron chi connectivity index (χ0n) is 15.7. The lowest BCUT2D eigenvalue weighted by molar-refractivity contribution is -0.146. The molecule has 7 heteroatoms. The van der Waals surface area contributed by atoms with E-state index in [1.165, 1.54) is 11.3 Å². The third kappa shape index (κ3) is 3.64. The van der Waals surface area contributed by atoms with Gasteiger partial charge in [0.2, 0.25) is 11.8 Å². The van der Waals surface area contributed by atoms with Gasteiger partial charge in [-0.2, -0.15) is 0 Å². The predicted molar refractivity (Wildman–Crippen MR) is 102 cm³/mol. The van der Waals surface area contributed by atoms with Gasteiger partial charge < -0.3 is 15.1 Å². The number of rotatable bonds is 3. The van der Waals surface area contributed by atoms with Crippen molar-refractivity contribution in [2.24, 2.45) is 17.8 Å². The Balaban J connectivity index is 1.26. The van der Waals surface area contributed by atoms with E-state index in [0.29, 0.717) is 19.0 Å². The van der Waals surface area contributed by atoms with Crippen molar-refractivity contribution >= 4 is 28.3 Å². The highest BCUT2D eigenvalue weighted by molar-refractivity contribution is 7.15. The van der Waals surface area contributed by atoms with Crippen LogP contribution in [0.1, 0.15) is 36.8 Å². The third-order valence-electron chi connectivity index (χ3n) is 6.05. The van der Waals surface area contributed by atoms with Gasteiger partial charge in [0.25, 0.3) is 0 Å². The molecule has 0 aromatic carbocycles. The van der Waals surface area contributed by atoms with Gasteiger partial charge in [0.05, 0.1) is 11.6 Å². The van der Waals surface area contributed by atoms with Crippen LogP contribution in [0.15, 0.2) is 0 Å². The lowest BCUT2D eigenvalue weighted by Gasteiger charge is -2.41. The quantitative estimate of drug-likeness (QED) is 0.876. The van der Waals surface area contributed by atoms with Crippen LogP contribution in [0.5, 0.6) is 0 Å². The smallest absolute Gasteiger partial charge is 0.232 e. The van der Waals surface area contributed by atoms with E-state index in [4.69, 9.17) is 0 Å². The van der Waals surface area contributed by atoms with Crippen LogP contribution in [0.3, 0.4) is 0 Å². The molecule has 1 aromatic rings. The number of thiazole rings is 1. The first kappa shape index (κ1) is 17.9. The average molecular weight is 377 g/mol. The average Bonchev–Trinajstić information content (AvgIpc) is 2.95. The summed E-state index contributed by atoms with van der Waals surface area (Å²) in [6.45, 7) is 5.35. The maximum absolute atomic E-state index is 12.5. The van der Waals surface area contributed by atoms with Crippen molar-refractivity contribution in [3.8, 4) is 0 Å². The number of nitrogens with zero attached hydrogens (tertiary/aromatic N) is 3. The van der Waals surface area contributed by atoms with Crippen LogP contribution in [0.4, 0.5) is 5.13 Å². The Bertz CT molecular complexity index is 690. The Morgan fingerprint density at radius 1 is 1.15 bits per heavy atom. The molecule has 0 bridgehead atoms. The van der Waals surface area contributed by atoms with Gasteiger partial charge in [-0.3, -0.25) is 9.59 Å². The van der Waals surface area contributed by atoms with Crippen molar-refractivity contribution in [2.45, 2.75) is 39.0 Å². The summed E-state index contributed by atoms with van der Waals surface area (Å²) in [5.74, 6) is 1.00. The SMILES string of the molecule is CC1CCc2nc(NC(=O)C3CN(C(=O)C4CCN(C)CC4)C3)sc2C1. The van der Waals surface area contributed by atoms with Crippen LogP contribution in [-0.4, -0.2) is 59.8 Å². The molecule has 0 radical (unpaired) electrons. The van der Waals surface area contributed by atoms with E-state index in [-0.39, 0.29) is 23.7 Å². The number of carbonyl (C=O) groups excluding carboxylic acids is 2. The van der Waals surface area contributed by atoms with Crippen LogP contribution < -0.4 is 5.32 Å². The molecule has 26 heavy (non-hydrogen) atoms. The first-order valence-corrected chi connectivity index (χ1v) is 10.6. The molecule has 3 aliphatic rings. The molecule has 1 unspecified atom stereocenters. The zero-order chi connectivity index (χ0) is 18.3. The second-order valence-electron chi connectivity index (χ2n) is 8.24. The summed E-state index contributed by atoms with van der Waals surface area (Å²) in [6, 6.07) is 0. The Kier molecular flexibility index (Phi) is 5.01. The second kappa shape index (κ2) is 7.27. The summed E-state index contributed by atoms with van der Waals surface area (Å²) in [6.07, 6.45) is 5.15. The summed E-state index contributed by atoms with van der Waals surface area (Å²) in [5, 5.41) is 3.72. The van der Waals surface area contributed by atoms with E-state index in [9.17, 15) is 9.59 Å². The standard InChI is InChI=1S/C19H28N4O2S/c1-12-3-4-15-16(9-12)26-19(20-15)21-17(24)14-10-23(11-14)18(25)13-5-7-22(2)8-6-13/h12-14H,3-11H2,1-2H3,(H,20,21,24). The number of nitrogens with one attached hydrogen (secondary N) is 1. The van der Waals surface area contributed by atoms with E-state index in [1.54, 1.807) is 11.3 Å². The van der Waals surface area contributed by atoms with Crippen LogP contribution in [0, 0.1) is 17.8 Å². The molecular formula is C19H28N4O2S. The molecule has 1 aromatic heterocycles.